The molecule has 3 atom stereocenters. The van der Waals surface area contributed by atoms with Crippen molar-refractivity contribution in [3.8, 4) is 16.9 Å². The van der Waals surface area contributed by atoms with E-state index >= 15 is 0 Å². The maximum Gasteiger partial charge on any atom is 0.309 e. The number of carbonyl (C=O) groups is 3. The van der Waals surface area contributed by atoms with Crippen LogP contribution in [0.1, 0.15) is 43.2 Å². The van der Waals surface area contributed by atoms with Crippen LogP contribution in [0.15, 0.2) is 55.1 Å². The van der Waals surface area contributed by atoms with Crippen molar-refractivity contribution in [2.24, 2.45) is 11.8 Å². The van der Waals surface area contributed by atoms with Crippen LogP contribution in [0.4, 0.5) is 0 Å². The van der Waals surface area contributed by atoms with Gasteiger partial charge in [0.1, 0.15) is 5.75 Å². The number of ketones is 1. The van der Waals surface area contributed by atoms with Crippen LogP contribution in [-0.2, 0) is 25.5 Å². The molecule has 0 radical (unpaired) electrons. The molecule has 1 N–H and O–H groups in total. The number of carboxylic acid groups (broad SMARTS) is 1. The highest BCUT2D eigenvalue weighted by Crippen LogP contribution is 2.41. The normalized spacial score (nSPS) is 19.6. The van der Waals surface area contributed by atoms with Crippen LogP contribution in [0.5, 0.6) is 5.75 Å². The standard InChI is InChI=1S/C27H28O6/c1-2-23(28)25(14-15-32-27(31)21-11-6-5-10-20(21)26(29)30)33-24-13-7-12-19-18-9-4-3-8-17(18)16-22(19)24/h2-4,7-9,12-13,20-21,25H,1,5-6,10-11,14-16H2,(H,29,30). The van der Waals surface area contributed by atoms with Crippen molar-refractivity contribution in [3.05, 3.63) is 66.2 Å². The molecular formula is C27H28O6. The van der Waals surface area contributed by atoms with Gasteiger partial charge in [0.05, 0.1) is 18.4 Å². The SMILES string of the molecule is C=CC(=O)C(CCOC(=O)C1CCCCC1C(=O)O)Oc1cccc2c1Cc1ccccc1-2. The van der Waals surface area contributed by atoms with E-state index in [0.29, 0.717) is 18.6 Å². The van der Waals surface area contributed by atoms with E-state index in [1.54, 1.807) is 0 Å². The number of benzene rings is 2. The Balaban J connectivity index is 1.42. The van der Waals surface area contributed by atoms with Crippen molar-refractivity contribution in [1.82, 2.24) is 0 Å². The number of esters is 1. The van der Waals surface area contributed by atoms with Crippen LogP contribution in [0.25, 0.3) is 11.1 Å². The van der Waals surface area contributed by atoms with E-state index in [4.69, 9.17) is 9.47 Å². The van der Waals surface area contributed by atoms with Gasteiger partial charge in [-0.2, -0.15) is 0 Å². The zero-order valence-corrected chi connectivity index (χ0v) is 18.5. The second-order valence-electron chi connectivity index (χ2n) is 8.62. The molecule has 6 nitrogen and oxygen atoms in total. The van der Waals surface area contributed by atoms with Crippen molar-refractivity contribution < 1.29 is 29.0 Å². The van der Waals surface area contributed by atoms with E-state index < -0.39 is 29.9 Å². The number of hydrogen-bond donors (Lipinski definition) is 1. The van der Waals surface area contributed by atoms with Gasteiger partial charge in [0, 0.05) is 18.4 Å². The van der Waals surface area contributed by atoms with Gasteiger partial charge in [-0.05, 0) is 41.7 Å². The molecule has 0 amide bonds. The Morgan fingerprint density at radius 2 is 1.76 bits per heavy atom. The molecule has 4 rings (SSSR count). The third-order valence-corrected chi connectivity index (χ3v) is 6.61. The largest absolute Gasteiger partial charge is 0.482 e. The monoisotopic (exact) mass is 448 g/mol. The predicted octanol–water partition coefficient (Wildman–Crippen LogP) is 4.58. The van der Waals surface area contributed by atoms with Gasteiger partial charge in [-0.3, -0.25) is 14.4 Å². The third kappa shape index (κ3) is 4.85. The van der Waals surface area contributed by atoms with Crippen molar-refractivity contribution >= 4 is 17.7 Å². The van der Waals surface area contributed by atoms with E-state index in [0.717, 1.165) is 30.4 Å². The first kappa shape index (κ1) is 22.8. The highest BCUT2D eigenvalue weighted by molar-refractivity contribution is 5.93. The lowest BCUT2D eigenvalue weighted by molar-refractivity contribution is -0.160. The fourth-order valence-corrected chi connectivity index (χ4v) is 4.86. The summed E-state index contributed by atoms with van der Waals surface area (Å²) in [4.78, 5) is 36.5. The lowest BCUT2D eigenvalue weighted by Crippen LogP contribution is -2.35. The minimum atomic E-state index is -0.960. The predicted molar refractivity (Wildman–Crippen MR) is 123 cm³/mol. The summed E-state index contributed by atoms with van der Waals surface area (Å²) >= 11 is 0. The molecule has 0 aliphatic heterocycles. The van der Waals surface area contributed by atoms with Gasteiger partial charge in [0.25, 0.3) is 0 Å². The number of fused-ring (bicyclic) bond motifs is 3. The van der Waals surface area contributed by atoms with Gasteiger partial charge in [-0.15, -0.1) is 0 Å². The average Bonchev–Trinajstić information content (AvgIpc) is 3.22. The van der Waals surface area contributed by atoms with E-state index in [1.807, 2.05) is 30.3 Å². The van der Waals surface area contributed by atoms with Gasteiger partial charge in [0.15, 0.2) is 11.9 Å². The molecule has 1 saturated carbocycles. The van der Waals surface area contributed by atoms with Crippen molar-refractivity contribution in [2.45, 2.75) is 44.6 Å². The van der Waals surface area contributed by atoms with Crippen molar-refractivity contribution in [3.63, 3.8) is 0 Å². The minimum absolute atomic E-state index is 0.0266. The highest BCUT2D eigenvalue weighted by atomic mass is 16.5. The maximum atomic E-state index is 12.5. The fourth-order valence-electron chi connectivity index (χ4n) is 4.86. The molecule has 0 saturated heterocycles. The first-order valence-corrected chi connectivity index (χ1v) is 11.4. The van der Waals surface area contributed by atoms with Gasteiger partial charge in [-0.25, -0.2) is 0 Å². The number of carbonyl (C=O) groups excluding carboxylic acids is 2. The Bertz CT molecular complexity index is 1070. The van der Waals surface area contributed by atoms with Gasteiger partial charge >= 0.3 is 11.9 Å². The molecule has 1 fully saturated rings. The molecule has 0 bridgehead atoms. The molecule has 2 aromatic carbocycles. The summed E-state index contributed by atoms with van der Waals surface area (Å²) in [6.07, 6.45) is 3.87. The molecule has 33 heavy (non-hydrogen) atoms. The van der Waals surface area contributed by atoms with Gasteiger partial charge < -0.3 is 14.6 Å². The molecule has 0 aromatic heterocycles. The smallest absolute Gasteiger partial charge is 0.309 e. The molecular weight excluding hydrogens is 420 g/mol. The Hall–Kier alpha value is -3.41. The first-order chi connectivity index (χ1) is 16.0. The average molecular weight is 449 g/mol. The Kier molecular flexibility index (Phi) is 6.92. The molecule has 3 unspecified atom stereocenters. The van der Waals surface area contributed by atoms with E-state index in [-0.39, 0.29) is 18.8 Å². The van der Waals surface area contributed by atoms with E-state index in [9.17, 15) is 19.5 Å². The summed E-state index contributed by atoms with van der Waals surface area (Å²) in [7, 11) is 0. The molecule has 2 aromatic rings. The van der Waals surface area contributed by atoms with Crippen molar-refractivity contribution in [1.29, 1.82) is 0 Å². The van der Waals surface area contributed by atoms with Crippen LogP contribution in [0.3, 0.4) is 0 Å². The van der Waals surface area contributed by atoms with E-state index in [2.05, 4.69) is 18.7 Å². The molecule has 0 heterocycles. The topological polar surface area (TPSA) is 89.9 Å². The Labute approximate surface area is 193 Å². The lowest BCUT2D eigenvalue weighted by atomic mass is 9.79. The molecule has 172 valence electrons. The minimum Gasteiger partial charge on any atom is -0.482 e. The maximum absolute atomic E-state index is 12.5. The summed E-state index contributed by atoms with van der Waals surface area (Å²) in [6, 6.07) is 14.0. The summed E-state index contributed by atoms with van der Waals surface area (Å²) < 4.78 is 11.5. The van der Waals surface area contributed by atoms with Gasteiger partial charge in [0.2, 0.25) is 0 Å². The zero-order valence-electron chi connectivity index (χ0n) is 18.5. The molecule has 0 spiro atoms. The summed E-state index contributed by atoms with van der Waals surface area (Å²) in [6.45, 7) is 3.54. The van der Waals surface area contributed by atoms with Crippen LogP contribution < -0.4 is 4.74 Å². The van der Waals surface area contributed by atoms with Crippen LogP contribution >= 0.6 is 0 Å². The second kappa shape index (κ2) is 10.0. The number of hydrogen-bond acceptors (Lipinski definition) is 5. The summed E-state index contributed by atoms with van der Waals surface area (Å²) in [5, 5.41) is 9.40. The second-order valence-corrected chi connectivity index (χ2v) is 8.62. The first-order valence-electron chi connectivity index (χ1n) is 11.4. The Morgan fingerprint density at radius 3 is 2.52 bits per heavy atom. The number of aliphatic carboxylic acids is 1. The van der Waals surface area contributed by atoms with Gasteiger partial charge in [-0.1, -0.05) is 55.8 Å². The Morgan fingerprint density at radius 1 is 1.03 bits per heavy atom. The number of carboxylic acids is 1. The van der Waals surface area contributed by atoms with Crippen LogP contribution in [0, 0.1) is 11.8 Å². The molecule has 6 heteroatoms. The van der Waals surface area contributed by atoms with Crippen molar-refractivity contribution in [2.75, 3.05) is 6.61 Å². The highest BCUT2D eigenvalue weighted by Gasteiger charge is 2.37. The summed E-state index contributed by atoms with van der Waals surface area (Å²) in [5.74, 6) is -2.47. The quantitative estimate of drug-likeness (QED) is 0.381. The third-order valence-electron chi connectivity index (χ3n) is 6.61. The summed E-state index contributed by atoms with van der Waals surface area (Å²) in [5.41, 5.74) is 4.50. The number of ether oxygens (including phenoxy) is 2. The van der Waals surface area contributed by atoms with E-state index in [1.165, 1.54) is 17.2 Å². The van der Waals surface area contributed by atoms with Crippen LogP contribution in [0.2, 0.25) is 0 Å². The van der Waals surface area contributed by atoms with Crippen LogP contribution in [-0.4, -0.2) is 35.5 Å². The zero-order chi connectivity index (χ0) is 23.4. The lowest BCUT2D eigenvalue weighted by Gasteiger charge is -2.27. The fraction of sp³-hybridized carbons (Fsp3) is 0.370. The molecule has 2 aliphatic rings. The number of rotatable bonds is 9. The molecule has 2 aliphatic carbocycles.